The van der Waals surface area contributed by atoms with E-state index in [1.807, 2.05) is 0 Å². The molecule has 0 aliphatic rings. The quantitative estimate of drug-likeness (QED) is 0.290. The first-order valence-corrected chi connectivity index (χ1v) is 3.30. The first kappa shape index (κ1) is 22.5. The molecule has 4 nitrogen and oxygen atoms in total. The summed E-state index contributed by atoms with van der Waals surface area (Å²) >= 11 is 0. The van der Waals surface area contributed by atoms with Gasteiger partial charge in [-0.25, -0.2) is 0 Å². The molecule has 0 saturated carbocycles. The second kappa shape index (κ2) is 10.1. The van der Waals surface area contributed by atoms with Crippen molar-refractivity contribution in [3.63, 3.8) is 0 Å². The fourth-order valence-corrected chi connectivity index (χ4v) is 0. The third-order valence-corrected chi connectivity index (χ3v) is 1.16. The third-order valence-electron chi connectivity index (χ3n) is 0.387. The van der Waals surface area contributed by atoms with Gasteiger partial charge in [-0.05, 0) is 6.16 Å². The van der Waals surface area contributed by atoms with Gasteiger partial charge in [0, 0.05) is 0 Å². The van der Waals surface area contributed by atoms with Gasteiger partial charge < -0.3 is 19.8 Å². The summed E-state index contributed by atoms with van der Waals surface area (Å²) in [6.45, 7) is 1.32. The number of hydrogen-bond donors (Lipinski definition) is 0. The molecule has 0 aromatic rings. The van der Waals surface area contributed by atoms with Gasteiger partial charge in [0.15, 0.2) is 0 Å². The second-order valence-corrected chi connectivity index (χ2v) is 2.78. The van der Waals surface area contributed by atoms with Crippen molar-refractivity contribution in [2.75, 3.05) is 6.16 Å². The topological polar surface area (TPSA) is 94.7 Å². The predicted octanol–water partition coefficient (Wildman–Crippen LogP) is -7.90. The van der Waals surface area contributed by atoms with Crippen LogP contribution in [-0.2, 0) is 4.57 Å². The summed E-state index contributed by atoms with van der Waals surface area (Å²) in [6, 6.07) is 0. The van der Waals surface area contributed by atoms with Crippen LogP contribution in [-0.4, -0.2) is 11.6 Å². The maximum atomic E-state index is 9.47. The van der Waals surface area contributed by atoms with E-state index >= 15 is 0 Å². The molecule has 0 aliphatic heterocycles. The molecule has 0 atom stereocenters. The Morgan fingerprint density at radius 2 is 1.44 bits per heavy atom. The fourth-order valence-electron chi connectivity index (χ4n) is 0. The van der Waals surface area contributed by atoms with Crippen molar-refractivity contribution in [2.45, 2.75) is 6.92 Å². The van der Waals surface area contributed by atoms with Crippen LogP contribution in [0.15, 0.2) is 0 Å². The van der Waals surface area contributed by atoms with E-state index in [1.54, 1.807) is 0 Å². The molecule has 0 spiro atoms. The first-order valence-electron chi connectivity index (χ1n) is 1.57. The molecule has 0 fully saturated rings. The summed E-state index contributed by atoms with van der Waals surface area (Å²) in [4.78, 5) is 18.9. The third kappa shape index (κ3) is 25.5. The molecule has 0 rings (SSSR count). The first-order chi connectivity index (χ1) is 2.56. The summed E-state index contributed by atoms with van der Waals surface area (Å²) in [6.07, 6.45) is -0.285. The maximum absolute atomic E-state index is 9.47. The van der Waals surface area contributed by atoms with Crippen molar-refractivity contribution < 1.29 is 78.9 Å². The van der Waals surface area contributed by atoms with E-state index < -0.39 is 7.60 Å². The van der Waals surface area contributed by atoms with Crippen LogP contribution < -0.4 is 68.9 Å². The Kier molecular flexibility index (Phi) is 25.2. The van der Waals surface area contributed by atoms with Crippen molar-refractivity contribution in [3.05, 3.63) is 0 Å². The summed E-state index contributed by atoms with van der Waals surface area (Å²) in [5.41, 5.74) is 0. The van der Waals surface area contributed by atoms with E-state index in [1.165, 1.54) is 6.92 Å². The van der Waals surface area contributed by atoms with Crippen molar-refractivity contribution in [1.29, 1.82) is 0 Å². The van der Waals surface area contributed by atoms with Crippen LogP contribution >= 0.6 is 7.60 Å². The molecule has 0 unspecified atom stereocenters. The van der Waals surface area contributed by atoms with E-state index in [2.05, 4.69) is 0 Å². The van der Waals surface area contributed by atoms with Gasteiger partial charge in [0.25, 0.3) is 0 Å². The van der Waals surface area contributed by atoms with Crippen LogP contribution in [0.25, 0.3) is 0 Å². The smallest absolute Gasteiger partial charge is 0.811 e. The molecule has 0 aromatic carbocycles. The Labute approximate surface area is 98.5 Å². The molecule has 9 heavy (non-hydrogen) atoms. The molecule has 0 aromatic heterocycles. The molecule has 46 valence electrons. The fraction of sp³-hybridized carbons (Fsp3) is 1.00. The van der Waals surface area contributed by atoms with Gasteiger partial charge in [-0.1, -0.05) is 14.5 Å². The number of hydrogen-bond acceptors (Lipinski definition) is 3. The Balaban J connectivity index is -0.0000000417. The Bertz CT molecular complexity index is 80.6. The molecule has 0 heterocycles. The largest absolute Gasteiger partial charge is 1.00 e. The van der Waals surface area contributed by atoms with Crippen LogP contribution in [0.5, 0.6) is 0 Å². The van der Waals surface area contributed by atoms with Crippen molar-refractivity contribution in [3.8, 4) is 0 Å². The molecule has 0 saturated heterocycles. The average Bonchev–Trinajstić information content (AvgIpc) is 1.35. The van der Waals surface area contributed by atoms with Gasteiger partial charge in [0.05, 0.1) is 0 Å². The van der Waals surface area contributed by atoms with Crippen LogP contribution in [0.2, 0.25) is 0 Å². The van der Waals surface area contributed by atoms with Gasteiger partial charge in [-0.15, -0.1) is 0 Å². The van der Waals surface area contributed by atoms with Gasteiger partial charge >= 0.3 is 59.1 Å². The SMILES string of the molecule is CCP(=O)([O-])[O-].O.[Na+].[Na+]. The molecule has 2 N–H and O–H groups in total. The second-order valence-electron chi connectivity index (χ2n) is 0.927. The van der Waals surface area contributed by atoms with Gasteiger partial charge in [-0.2, -0.15) is 0 Å². The minimum Gasteiger partial charge on any atom is -0.811 e. The summed E-state index contributed by atoms with van der Waals surface area (Å²) in [7, 11) is -4.15. The standard InChI is InChI=1S/C2H7O3P.2Na.H2O/c1-2-6(3,4)5;;;/h2H2,1H3,(H2,3,4,5);;;1H2/q;2*+1;/p-2. The summed E-state index contributed by atoms with van der Waals surface area (Å²) in [5, 5.41) is 0. The van der Waals surface area contributed by atoms with Crippen LogP contribution in [0.3, 0.4) is 0 Å². The van der Waals surface area contributed by atoms with E-state index in [9.17, 15) is 14.4 Å². The molecular formula is C2H7Na2O4P. The summed E-state index contributed by atoms with van der Waals surface area (Å²) in [5.74, 6) is 0. The molecule has 7 heteroatoms. The summed E-state index contributed by atoms with van der Waals surface area (Å²) < 4.78 is 9.47. The molecule has 0 amide bonds. The zero-order valence-corrected chi connectivity index (χ0v) is 10.8. The van der Waals surface area contributed by atoms with E-state index in [0.717, 1.165) is 0 Å². The molecule has 0 aliphatic carbocycles. The number of rotatable bonds is 1. The minimum absolute atomic E-state index is 0. The van der Waals surface area contributed by atoms with Gasteiger partial charge in [0.1, 0.15) is 0 Å². The zero-order chi connectivity index (χ0) is 5.21. The van der Waals surface area contributed by atoms with Gasteiger partial charge in [-0.3, -0.25) is 0 Å². The average molecular weight is 172 g/mol. The van der Waals surface area contributed by atoms with Crippen LogP contribution in [0.4, 0.5) is 0 Å². The maximum Gasteiger partial charge on any atom is 1.00 e. The molecule has 0 radical (unpaired) electrons. The van der Waals surface area contributed by atoms with Crippen molar-refractivity contribution in [1.82, 2.24) is 0 Å². The Morgan fingerprint density at radius 1 is 1.33 bits per heavy atom. The van der Waals surface area contributed by atoms with Crippen LogP contribution in [0.1, 0.15) is 6.92 Å². The van der Waals surface area contributed by atoms with Gasteiger partial charge in [0.2, 0.25) is 0 Å². The monoisotopic (exact) mass is 172 g/mol. The van der Waals surface area contributed by atoms with Crippen LogP contribution in [0, 0.1) is 0 Å². The minimum atomic E-state index is -4.15. The normalized spacial score (nSPS) is 7.89. The Hall–Kier alpha value is 2.11. The van der Waals surface area contributed by atoms with E-state index in [-0.39, 0.29) is 70.8 Å². The molecule has 0 bridgehead atoms. The predicted molar refractivity (Wildman–Crippen MR) is 21.8 cm³/mol. The van der Waals surface area contributed by atoms with E-state index in [0.29, 0.717) is 0 Å². The van der Waals surface area contributed by atoms with Crippen molar-refractivity contribution >= 4 is 7.60 Å². The molecular weight excluding hydrogens is 165 g/mol. The van der Waals surface area contributed by atoms with E-state index in [4.69, 9.17) is 0 Å². The Morgan fingerprint density at radius 3 is 1.44 bits per heavy atom. The van der Waals surface area contributed by atoms with Crippen molar-refractivity contribution in [2.24, 2.45) is 0 Å². The zero-order valence-electron chi connectivity index (χ0n) is 5.88.